The van der Waals surface area contributed by atoms with E-state index in [0.717, 1.165) is 24.9 Å². The van der Waals surface area contributed by atoms with Crippen LogP contribution in [-0.2, 0) is 11.3 Å². The molecule has 0 radical (unpaired) electrons. The summed E-state index contributed by atoms with van der Waals surface area (Å²) < 4.78 is 5.48. The molecule has 2 unspecified atom stereocenters. The van der Waals surface area contributed by atoms with Crippen LogP contribution < -0.4 is 5.32 Å². The van der Waals surface area contributed by atoms with Gasteiger partial charge in [0.05, 0.1) is 19.3 Å². The average Bonchev–Trinajstić information content (AvgIpc) is 2.47. The van der Waals surface area contributed by atoms with Gasteiger partial charge < -0.3 is 20.3 Å². The number of nitrogens with one attached hydrogen (secondary N) is 1. The van der Waals surface area contributed by atoms with Crippen LogP contribution in [-0.4, -0.2) is 42.6 Å². The van der Waals surface area contributed by atoms with Crippen molar-refractivity contribution in [2.24, 2.45) is 5.92 Å². The van der Waals surface area contributed by atoms with Crippen molar-refractivity contribution in [1.82, 2.24) is 5.32 Å². The van der Waals surface area contributed by atoms with Gasteiger partial charge in [-0.3, -0.25) is 0 Å². The van der Waals surface area contributed by atoms with Crippen molar-refractivity contribution in [1.29, 1.82) is 0 Å². The number of benzene rings is 1. The summed E-state index contributed by atoms with van der Waals surface area (Å²) in [4.78, 5) is 0. The second kappa shape index (κ2) is 10.8. The first-order chi connectivity index (χ1) is 9.76. The summed E-state index contributed by atoms with van der Waals surface area (Å²) in [5, 5.41) is 21.9. The van der Waals surface area contributed by atoms with Crippen LogP contribution >= 0.6 is 0 Å². The van der Waals surface area contributed by atoms with Gasteiger partial charge in [-0.1, -0.05) is 43.7 Å². The molecule has 4 heteroatoms. The predicted molar refractivity (Wildman–Crippen MR) is 80.5 cm³/mol. The molecular weight excluding hydrogens is 254 g/mol. The summed E-state index contributed by atoms with van der Waals surface area (Å²) in [5.74, 6) is 0.470. The molecule has 0 aliphatic carbocycles. The van der Waals surface area contributed by atoms with E-state index in [1.165, 1.54) is 0 Å². The lowest BCUT2D eigenvalue weighted by Crippen LogP contribution is -2.33. The molecule has 4 nitrogen and oxygen atoms in total. The molecule has 0 fully saturated rings. The molecule has 0 aliphatic heterocycles. The van der Waals surface area contributed by atoms with Crippen LogP contribution in [0.25, 0.3) is 0 Å². The molecule has 0 bridgehead atoms. The van der Waals surface area contributed by atoms with E-state index in [4.69, 9.17) is 9.84 Å². The maximum atomic E-state index is 9.81. The Morgan fingerprint density at radius 1 is 1.20 bits per heavy atom. The quantitative estimate of drug-likeness (QED) is 0.576. The van der Waals surface area contributed by atoms with Crippen molar-refractivity contribution in [2.45, 2.75) is 32.5 Å². The SMILES string of the molecule is CCC(CCO)CNCC(O)COCc1ccccc1. The fourth-order valence-electron chi connectivity index (χ4n) is 2.03. The third-order valence-corrected chi connectivity index (χ3v) is 3.35. The predicted octanol–water partition coefficient (Wildman–Crippen LogP) is 1.56. The largest absolute Gasteiger partial charge is 0.396 e. The number of aliphatic hydroxyl groups excluding tert-OH is 2. The third kappa shape index (κ3) is 7.60. The van der Waals surface area contributed by atoms with Crippen molar-refractivity contribution in [2.75, 3.05) is 26.3 Å². The molecule has 2 atom stereocenters. The van der Waals surface area contributed by atoms with Gasteiger partial charge in [-0.2, -0.15) is 0 Å². The molecule has 1 aromatic rings. The van der Waals surface area contributed by atoms with E-state index < -0.39 is 6.10 Å². The van der Waals surface area contributed by atoms with Gasteiger partial charge in [-0.15, -0.1) is 0 Å². The average molecular weight is 281 g/mol. The molecule has 1 aromatic carbocycles. The molecule has 1 rings (SSSR count). The summed E-state index contributed by atoms with van der Waals surface area (Å²) >= 11 is 0. The van der Waals surface area contributed by atoms with E-state index in [9.17, 15) is 5.11 Å². The summed E-state index contributed by atoms with van der Waals surface area (Å²) in [6.07, 6.45) is 1.35. The van der Waals surface area contributed by atoms with Gasteiger partial charge in [0, 0.05) is 13.2 Å². The lowest BCUT2D eigenvalue weighted by atomic mass is 10.0. The van der Waals surface area contributed by atoms with Crippen LogP contribution in [0.3, 0.4) is 0 Å². The lowest BCUT2D eigenvalue weighted by Gasteiger charge is -2.17. The zero-order valence-electron chi connectivity index (χ0n) is 12.3. The van der Waals surface area contributed by atoms with Crippen molar-refractivity contribution in [3.63, 3.8) is 0 Å². The van der Waals surface area contributed by atoms with Crippen molar-refractivity contribution >= 4 is 0 Å². The molecule has 3 N–H and O–H groups in total. The Labute approximate surface area is 121 Å². The molecule has 0 aromatic heterocycles. The minimum absolute atomic E-state index is 0.225. The molecular formula is C16H27NO3. The molecule has 0 amide bonds. The maximum Gasteiger partial charge on any atom is 0.0897 e. The van der Waals surface area contributed by atoms with E-state index in [2.05, 4.69) is 12.2 Å². The second-order valence-electron chi connectivity index (χ2n) is 5.10. The highest BCUT2D eigenvalue weighted by atomic mass is 16.5. The molecule has 20 heavy (non-hydrogen) atoms. The minimum atomic E-state index is -0.495. The van der Waals surface area contributed by atoms with Crippen LogP contribution in [0.4, 0.5) is 0 Å². The van der Waals surface area contributed by atoms with E-state index in [1.807, 2.05) is 30.3 Å². The molecule has 0 saturated carbocycles. The summed E-state index contributed by atoms with van der Waals surface area (Å²) in [5.41, 5.74) is 1.11. The van der Waals surface area contributed by atoms with Gasteiger partial charge in [-0.25, -0.2) is 0 Å². The van der Waals surface area contributed by atoms with E-state index >= 15 is 0 Å². The topological polar surface area (TPSA) is 61.7 Å². The third-order valence-electron chi connectivity index (χ3n) is 3.35. The zero-order valence-corrected chi connectivity index (χ0v) is 12.3. The molecule has 0 spiro atoms. The number of hydrogen-bond acceptors (Lipinski definition) is 4. The summed E-state index contributed by atoms with van der Waals surface area (Å²) in [7, 11) is 0. The fraction of sp³-hybridized carbons (Fsp3) is 0.625. The van der Waals surface area contributed by atoms with Crippen LogP contribution in [0.1, 0.15) is 25.3 Å². The molecule has 114 valence electrons. The molecule has 0 aliphatic rings. The number of hydrogen-bond donors (Lipinski definition) is 3. The van der Waals surface area contributed by atoms with Crippen LogP contribution in [0, 0.1) is 5.92 Å². The number of ether oxygens (including phenoxy) is 1. The Bertz CT molecular complexity index is 332. The maximum absolute atomic E-state index is 9.81. The Morgan fingerprint density at radius 3 is 2.60 bits per heavy atom. The van der Waals surface area contributed by atoms with Crippen molar-refractivity contribution < 1.29 is 14.9 Å². The summed E-state index contributed by atoms with van der Waals surface area (Å²) in [6, 6.07) is 9.93. The Kier molecular flexibility index (Phi) is 9.24. The van der Waals surface area contributed by atoms with Gasteiger partial charge in [-0.05, 0) is 24.4 Å². The number of aliphatic hydroxyl groups is 2. The highest BCUT2D eigenvalue weighted by molar-refractivity contribution is 5.13. The monoisotopic (exact) mass is 281 g/mol. The normalized spacial score (nSPS) is 14.2. The first kappa shape index (κ1) is 17.1. The highest BCUT2D eigenvalue weighted by Gasteiger charge is 2.08. The van der Waals surface area contributed by atoms with Gasteiger partial charge in [0.25, 0.3) is 0 Å². The van der Waals surface area contributed by atoms with E-state index in [0.29, 0.717) is 25.7 Å². The van der Waals surface area contributed by atoms with Crippen molar-refractivity contribution in [3.8, 4) is 0 Å². The fourth-order valence-corrected chi connectivity index (χ4v) is 2.03. The van der Waals surface area contributed by atoms with E-state index in [1.54, 1.807) is 0 Å². The second-order valence-corrected chi connectivity index (χ2v) is 5.10. The van der Waals surface area contributed by atoms with E-state index in [-0.39, 0.29) is 6.61 Å². The first-order valence-electron chi connectivity index (χ1n) is 7.37. The van der Waals surface area contributed by atoms with Crippen molar-refractivity contribution in [3.05, 3.63) is 35.9 Å². The molecule has 0 saturated heterocycles. The van der Waals surface area contributed by atoms with Gasteiger partial charge in [0.2, 0.25) is 0 Å². The number of rotatable bonds is 11. The highest BCUT2D eigenvalue weighted by Crippen LogP contribution is 2.05. The van der Waals surface area contributed by atoms with Gasteiger partial charge >= 0.3 is 0 Å². The van der Waals surface area contributed by atoms with Crippen LogP contribution in [0.5, 0.6) is 0 Å². The summed E-state index contributed by atoms with van der Waals surface area (Å²) in [6.45, 7) is 4.55. The standard InChI is InChI=1S/C16H27NO3/c1-2-14(8-9-18)10-17-11-16(19)13-20-12-15-6-4-3-5-7-15/h3-7,14,16-19H,2,8-13H2,1H3. The van der Waals surface area contributed by atoms with Gasteiger partial charge in [0.15, 0.2) is 0 Å². The van der Waals surface area contributed by atoms with Gasteiger partial charge in [0.1, 0.15) is 0 Å². The Morgan fingerprint density at radius 2 is 1.95 bits per heavy atom. The smallest absolute Gasteiger partial charge is 0.0897 e. The van der Waals surface area contributed by atoms with Crippen LogP contribution in [0.15, 0.2) is 30.3 Å². The first-order valence-corrected chi connectivity index (χ1v) is 7.37. The minimum Gasteiger partial charge on any atom is -0.396 e. The zero-order chi connectivity index (χ0) is 14.6. The Balaban J connectivity index is 2.07. The Hall–Kier alpha value is -0.940. The van der Waals surface area contributed by atoms with Crippen LogP contribution in [0.2, 0.25) is 0 Å². The lowest BCUT2D eigenvalue weighted by molar-refractivity contribution is 0.0284. The molecule has 0 heterocycles.